The lowest BCUT2D eigenvalue weighted by molar-refractivity contribution is -0.137. The first-order valence-electron chi connectivity index (χ1n) is 9.42. The number of hydrogen-bond donors (Lipinski definition) is 0. The highest BCUT2D eigenvalue weighted by atomic mass is 19.4. The number of carbonyl (C=O) groups excluding carboxylic acids is 1. The standard InChI is InChI=1S/C21H17F4N3O3/c22-10-16-12-28(7-8-30-16)20(29)18-4-1-13-9-15(3-5-17(13)27-18)31-19-6-2-14(11-26-19)21(23,24)25/h1-6,9,11,16H,7-8,10,12H2. The average Bonchev–Trinajstić information content (AvgIpc) is 2.78. The van der Waals surface area contributed by atoms with E-state index in [-0.39, 0.29) is 30.6 Å². The lowest BCUT2D eigenvalue weighted by atomic mass is 10.1. The molecule has 31 heavy (non-hydrogen) atoms. The Morgan fingerprint density at radius 1 is 1.19 bits per heavy atom. The summed E-state index contributed by atoms with van der Waals surface area (Å²) in [6, 6.07) is 10.1. The third-order valence-electron chi connectivity index (χ3n) is 4.76. The van der Waals surface area contributed by atoms with Gasteiger partial charge in [-0.3, -0.25) is 4.79 Å². The molecule has 2 aromatic heterocycles. The monoisotopic (exact) mass is 435 g/mol. The van der Waals surface area contributed by atoms with Crippen molar-refractivity contribution in [2.24, 2.45) is 0 Å². The molecule has 1 aliphatic heterocycles. The molecule has 162 valence electrons. The summed E-state index contributed by atoms with van der Waals surface area (Å²) in [5.41, 5.74) is -0.100. The van der Waals surface area contributed by atoms with Crippen LogP contribution >= 0.6 is 0 Å². The second-order valence-corrected chi connectivity index (χ2v) is 6.93. The molecule has 10 heteroatoms. The fourth-order valence-electron chi connectivity index (χ4n) is 3.17. The molecule has 0 radical (unpaired) electrons. The number of amides is 1. The Hall–Kier alpha value is -3.27. The minimum absolute atomic E-state index is 0.0156. The van der Waals surface area contributed by atoms with E-state index in [0.717, 1.165) is 12.1 Å². The molecule has 4 rings (SSSR count). The van der Waals surface area contributed by atoms with E-state index in [2.05, 4.69) is 9.97 Å². The summed E-state index contributed by atoms with van der Waals surface area (Å²) in [7, 11) is 0. The average molecular weight is 435 g/mol. The van der Waals surface area contributed by atoms with Crippen LogP contribution in [0.1, 0.15) is 16.1 Å². The second kappa shape index (κ2) is 8.46. The van der Waals surface area contributed by atoms with Crippen LogP contribution in [0.15, 0.2) is 48.7 Å². The van der Waals surface area contributed by atoms with Crippen molar-refractivity contribution in [2.45, 2.75) is 12.3 Å². The second-order valence-electron chi connectivity index (χ2n) is 6.93. The molecule has 1 amide bonds. The summed E-state index contributed by atoms with van der Waals surface area (Å²) < 4.78 is 61.5. The molecule has 0 spiro atoms. The third kappa shape index (κ3) is 4.74. The molecular weight excluding hydrogens is 418 g/mol. The minimum Gasteiger partial charge on any atom is -0.439 e. The molecule has 1 aliphatic rings. The number of morpholine rings is 1. The van der Waals surface area contributed by atoms with Gasteiger partial charge in [0, 0.05) is 30.7 Å². The van der Waals surface area contributed by atoms with Gasteiger partial charge in [0.25, 0.3) is 5.91 Å². The molecule has 1 saturated heterocycles. The van der Waals surface area contributed by atoms with Crippen LogP contribution in [0, 0.1) is 0 Å². The molecule has 1 atom stereocenters. The van der Waals surface area contributed by atoms with Crippen molar-refractivity contribution in [1.29, 1.82) is 0 Å². The van der Waals surface area contributed by atoms with E-state index in [1.165, 1.54) is 4.90 Å². The molecular formula is C21H17F4N3O3. The number of ether oxygens (including phenoxy) is 2. The van der Waals surface area contributed by atoms with Gasteiger partial charge in [0.2, 0.25) is 5.88 Å². The van der Waals surface area contributed by atoms with Gasteiger partial charge in [-0.1, -0.05) is 6.07 Å². The van der Waals surface area contributed by atoms with Crippen molar-refractivity contribution >= 4 is 16.8 Å². The molecule has 1 aromatic carbocycles. The molecule has 0 aliphatic carbocycles. The summed E-state index contributed by atoms with van der Waals surface area (Å²) in [4.78, 5) is 22.2. The van der Waals surface area contributed by atoms with Crippen LogP contribution in [0.3, 0.4) is 0 Å². The van der Waals surface area contributed by atoms with Crippen molar-refractivity contribution in [3.8, 4) is 11.6 Å². The smallest absolute Gasteiger partial charge is 0.417 e. The van der Waals surface area contributed by atoms with Crippen molar-refractivity contribution in [3.63, 3.8) is 0 Å². The normalized spacial score (nSPS) is 17.0. The number of hydrogen-bond acceptors (Lipinski definition) is 5. The fraction of sp³-hybridized carbons (Fsp3) is 0.286. The van der Waals surface area contributed by atoms with Gasteiger partial charge in [-0.25, -0.2) is 14.4 Å². The largest absolute Gasteiger partial charge is 0.439 e. The lowest BCUT2D eigenvalue weighted by Gasteiger charge is -2.31. The quantitative estimate of drug-likeness (QED) is 0.574. The Morgan fingerprint density at radius 3 is 2.74 bits per heavy atom. The molecule has 0 bridgehead atoms. The van der Waals surface area contributed by atoms with E-state index >= 15 is 0 Å². The van der Waals surface area contributed by atoms with Crippen LogP contribution in [0.5, 0.6) is 11.6 Å². The van der Waals surface area contributed by atoms with Crippen LogP contribution in [0.2, 0.25) is 0 Å². The van der Waals surface area contributed by atoms with Gasteiger partial charge in [-0.05, 0) is 30.3 Å². The van der Waals surface area contributed by atoms with Crippen LogP contribution in [-0.2, 0) is 10.9 Å². The predicted molar refractivity (Wildman–Crippen MR) is 103 cm³/mol. The van der Waals surface area contributed by atoms with E-state index in [1.807, 2.05) is 0 Å². The molecule has 1 unspecified atom stereocenters. The van der Waals surface area contributed by atoms with E-state index < -0.39 is 24.5 Å². The van der Waals surface area contributed by atoms with E-state index in [9.17, 15) is 22.4 Å². The Morgan fingerprint density at radius 2 is 2.03 bits per heavy atom. The Balaban J connectivity index is 1.50. The van der Waals surface area contributed by atoms with Gasteiger partial charge in [-0.15, -0.1) is 0 Å². The predicted octanol–water partition coefficient (Wildman–Crippen LogP) is 4.25. The number of nitrogens with zero attached hydrogens (tertiary/aromatic N) is 3. The summed E-state index contributed by atoms with van der Waals surface area (Å²) in [5.74, 6) is 0.0689. The molecule has 6 nitrogen and oxygen atoms in total. The van der Waals surface area contributed by atoms with Gasteiger partial charge in [0.05, 0.1) is 17.7 Å². The van der Waals surface area contributed by atoms with Crippen molar-refractivity contribution in [1.82, 2.24) is 14.9 Å². The number of rotatable bonds is 4. The minimum atomic E-state index is -4.47. The van der Waals surface area contributed by atoms with E-state index in [1.54, 1.807) is 30.3 Å². The summed E-state index contributed by atoms with van der Waals surface area (Å²) in [6.45, 7) is 0.141. The Labute approximate surface area is 174 Å². The van der Waals surface area contributed by atoms with Gasteiger partial charge >= 0.3 is 6.18 Å². The zero-order valence-electron chi connectivity index (χ0n) is 16.1. The lowest BCUT2D eigenvalue weighted by Crippen LogP contribution is -2.46. The first-order valence-corrected chi connectivity index (χ1v) is 9.42. The number of pyridine rings is 2. The SMILES string of the molecule is O=C(c1ccc2cc(Oc3ccc(C(F)(F)F)cn3)ccc2n1)N1CCOC(CF)C1. The molecule has 3 heterocycles. The highest BCUT2D eigenvalue weighted by molar-refractivity contribution is 5.95. The number of alkyl halides is 4. The molecule has 1 fully saturated rings. The number of benzene rings is 1. The first-order chi connectivity index (χ1) is 14.8. The van der Waals surface area contributed by atoms with Crippen molar-refractivity contribution in [2.75, 3.05) is 26.4 Å². The van der Waals surface area contributed by atoms with Crippen LogP contribution < -0.4 is 4.74 Å². The third-order valence-corrected chi connectivity index (χ3v) is 4.76. The van der Waals surface area contributed by atoms with Gasteiger partial charge in [0.1, 0.15) is 24.2 Å². The van der Waals surface area contributed by atoms with Crippen LogP contribution in [0.25, 0.3) is 10.9 Å². The van der Waals surface area contributed by atoms with Gasteiger partial charge in [-0.2, -0.15) is 13.2 Å². The highest BCUT2D eigenvalue weighted by Gasteiger charge is 2.30. The van der Waals surface area contributed by atoms with Crippen molar-refractivity contribution in [3.05, 3.63) is 59.9 Å². The number of halogens is 4. The maximum absolute atomic E-state index is 12.8. The zero-order valence-corrected chi connectivity index (χ0v) is 16.1. The van der Waals surface area contributed by atoms with Gasteiger partial charge < -0.3 is 14.4 Å². The maximum Gasteiger partial charge on any atom is 0.417 e. The molecule has 0 saturated carbocycles. The Bertz CT molecular complexity index is 1090. The Kier molecular flexibility index (Phi) is 5.73. The summed E-state index contributed by atoms with van der Waals surface area (Å²) in [6.07, 6.45) is -4.39. The van der Waals surface area contributed by atoms with E-state index in [4.69, 9.17) is 9.47 Å². The van der Waals surface area contributed by atoms with Crippen LogP contribution in [-0.4, -0.2) is 53.2 Å². The van der Waals surface area contributed by atoms with Crippen molar-refractivity contribution < 1.29 is 31.8 Å². The molecule has 3 aromatic rings. The topological polar surface area (TPSA) is 64.5 Å². The number of aromatic nitrogens is 2. The summed E-state index contributed by atoms with van der Waals surface area (Å²) >= 11 is 0. The van der Waals surface area contributed by atoms with Gasteiger partial charge in [0.15, 0.2) is 0 Å². The highest BCUT2D eigenvalue weighted by Crippen LogP contribution is 2.30. The van der Waals surface area contributed by atoms with E-state index in [0.29, 0.717) is 29.4 Å². The van der Waals surface area contributed by atoms with Crippen LogP contribution in [0.4, 0.5) is 17.6 Å². The maximum atomic E-state index is 12.8. The summed E-state index contributed by atoms with van der Waals surface area (Å²) in [5, 5.41) is 0.671. The number of carbonyl (C=O) groups is 1. The number of fused-ring (bicyclic) bond motifs is 1. The fourth-order valence-corrected chi connectivity index (χ4v) is 3.17. The zero-order chi connectivity index (χ0) is 22.0. The molecule has 0 N–H and O–H groups in total. The first kappa shape index (κ1) is 21.0.